The van der Waals surface area contributed by atoms with Crippen molar-refractivity contribution in [2.24, 2.45) is 16.6 Å². The van der Waals surface area contributed by atoms with Crippen LogP contribution in [0.25, 0.3) is 0 Å². The molecular weight excluding hydrogens is 282 g/mol. The van der Waals surface area contributed by atoms with Crippen molar-refractivity contribution in [2.45, 2.75) is 38.1 Å². The van der Waals surface area contributed by atoms with Gasteiger partial charge in [-0.05, 0) is 38.8 Å². The molecule has 5 heteroatoms. The fourth-order valence-electron chi connectivity index (χ4n) is 1.70. The molecule has 0 aliphatic heterocycles. The first-order chi connectivity index (χ1) is 9.81. The number of guanidine groups is 1. The lowest BCUT2D eigenvalue weighted by Crippen LogP contribution is -2.45. The summed E-state index contributed by atoms with van der Waals surface area (Å²) in [6.45, 7) is 9.09. The SMILES string of the molecule is COc1ccccc1SCC(C)CN=C(N)NC(C)(C)C. The Bertz CT molecular complexity index is 469. The van der Waals surface area contributed by atoms with Crippen LogP contribution in [-0.4, -0.2) is 30.9 Å². The number of hydrogen-bond donors (Lipinski definition) is 2. The van der Waals surface area contributed by atoms with Crippen molar-refractivity contribution in [3.63, 3.8) is 0 Å². The van der Waals surface area contributed by atoms with Crippen LogP contribution in [0.3, 0.4) is 0 Å². The van der Waals surface area contributed by atoms with Gasteiger partial charge in [0.2, 0.25) is 0 Å². The summed E-state index contributed by atoms with van der Waals surface area (Å²) in [5, 5.41) is 3.17. The molecule has 0 saturated carbocycles. The first-order valence-corrected chi connectivity index (χ1v) is 8.14. The van der Waals surface area contributed by atoms with Gasteiger partial charge in [-0.1, -0.05) is 19.1 Å². The minimum atomic E-state index is -0.0526. The van der Waals surface area contributed by atoms with Crippen molar-refractivity contribution in [3.05, 3.63) is 24.3 Å². The number of ether oxygens (including phenoxy) is 1. The highest BCUT2D eigenvalue weighted by Crippen LogP contribution is 2.29. The molecule has 21 heavy (non-hydrogen) atoms. The molecule has 1 aromatic carbocycles. The lowest BCUT2D eigenvalue weighted by molar-refractivity contribution is 0.405. The second-order valence-electron chi connectivity index (χ2n) is 6.17. The zero-order valence-corrected chi connectivity index (χ0v) is 14.5. The lowest BCUT2D eigenvalue weighted by atomic mass is 10.1. The Hall–Kier alpha value is -1.36. The highest BCUT2D eigenvalue weighted by molar-refractivity contribution is 7.99. The molecule has 4 nitrogen and oxygen atoms in total. The second-order valence-corrected chi connectivity index (χ2v) is 7.23. The fourth-order valence-corrected chi connectivity index (χ4v) is 2.74. The summed E-state index contributed by atoms with van der Waals surface area (Å²) >= 11 is 1.79. The molecule has 1 aromatic rings. The molecule has 0 radical (unpaired) electrons. The summed E-state index contributed by atoms with van der Waals surface area (Å²) in [4.78, 5) is 5.57. The molecular formula is C16H27N3OS. The number of methoxy groups -OCH3 is 1. The van der Waals surface area contributed by atoms with Gasteiger partial charge < -0.3 is 15.8 Å². The van der Waals surface area contributed by atoms with E-state index in [1.54, 1.807) is 18.9 Å². The maximum Gasteiger partial charge on any atom is 0.188 e. The maximum atomic E-state index is 5.87. The molecule has 0 spiro atoms. The minimum absolute atomic E-state index is 0.0526. The summed E-state index contributed by atoms with van der Waals surface area (Å²) in [6.07, 6.45) is 0. The van der Waals surface area contributed by atoms with Crippen molar-refractivity contribution in [1.29, 1.82) is 0 Å². The number of nitrogens with zero attached hydrogens (tertiary/aromatic N) is 1. The zero-order valence-electron chi connectivity index (χ0n) is 13.6. The van der Waals surface area contributed by atoms with E-state index in [9.17, 15) is 0 Å². The molecule has 0 amide bonds. The van der Waals surface area contributed by atoms with E-state index >= 15 is 0 Å². The summed E-state index contributed by atoms with van der Waals surface area (Å²) in [5.41, 5.74) is 5.82. The highest BCUT2D eigenvalue weighted by atomic mass is 32.2. The third-order valence-corrected chi connectivity index (χ3v) is 4.05. The van der Waals surface area contributed by atoms with E-state index < -0.39 is 0 Å². The number of aliphatic imine (C=N–C) groups is 1. The molecule has 1 rings (SSSR count). The van der Waals surface area contributed by atoms with Crippen LogP contribution in [0, 0.1) is 5.92 Å². The van der Waals surface area contributed by atoms with Crippen LogP contribution < -0.4 is 15.8 Å². The molecule has 118 valence electrons. The van der Waals surface area contributed by atoms with E-state index in [4.69, 9.17) is 10.5 Å². The van der Waals surface area contributed by atoms with Gasteiger partial charge in [0.1, 0.15) is 5.75 Å². The third kappa shape index (κ3) is 7.27. The van der Waals surface area contributed by atoms with Gasteiger partial charge in [-0.15, -0.1) is 11.8 Å². The number of rotatable bonds is 6. The number of benzene rings is 1. The molecule has 1 unspecified atom stereocenters. The third-order valence-electron chi connectivity index (χ3n) is 2.67. The predicted octanol–water partition coefficient (Wildman–Crippen LogP) is 3.13. The van der Waals surface area contributed by atoms with E-state index in [1.807, 2.05) is 18.2 Å². The van der Waals surface area contributed by atoms with Crippen LogP contribution in [0.2, 0.25) is 0 Å². The van der Waals surface area contributed by atoms with Crippen molar-refractivity contribution in [2.75, 3.05) is 19.4 Å². The summed E-state index contributed by atoms with van der Waals surface area (Å²) < 4.78 is 5.35. The van der Waals surface area contributed by atoms with Crippen LogP contribution in [0.4, 0.5) is 0 Å². The van der Waals surface area contributed by atoms with Gasteiger partial charge >= 0.3 is 0 Å². The van der Waals surface area contributed by atoms with Gasteiger partial charge in [0, 0.05) is 22.7 Å². The van der Waals surface area contributed by atoms with Gasteiger partial charge in [-0.25, -0.2) is 0 Å². The topological polar surface area (TPSA) is 59.6 Å². The van der Waals surface area contributed by atoms with Crippen LogP contribution in [0.1, 0.15) is 27.7 Å². The van der Waals surface area contributed by atoms with E-state index in [0.717, 1.165) is 22.9 Å². The van der Waals surface area contributed by atoms with Crippen molar-refractivity contribution < 1.29 is 4.74 Å². The van der Waals surface area contributed by atoms with Crippen LogP contribution >= 0.6 is 11.8 Å². The molecule has 0 fully saturated rings. The Balaban J connectivity index is 2.44. The standard InChI is InChI=1S/C16H27N3OS/c1-12(10-18-15(17)19-16(2,3)4)11-21-14-9-7-6-8-13(14)20-5/h6-9,12H,10-11H2,1-5H3,(H3,17,18,19). The highest BCUT2D eigenvalue weighted by Gasteiger charge is 2.10. The van der Waals surface area contributed by atoms with Crippen LogP contribution in [-0.2, 0) is 0 Å². The first kappa shape index (κ1) is 17.7. The molecule has 1 atom stereocenters. The minimum Gasteiger partial charge on any atom is -0.496 e. The predicted molar refractivity (Wildman–Crippen MR) is 92.3 cm³/mol. The Morgan fingerprint density at radius 1 is 1.38 bits per heavy atom. The number of nitrogens with two attached hydrogens (primary N) is 1. The van der Waals surface area contributed by atoms with E-state index in [2.05, 4.69) is 44.1 Å². The number of thioether (sulfide) groups is 1. The molecule has 0 heterocycles. The summed E-state index contributed by atoms with van der Waals surface area (Å²) in [7, 11) is 1.70. The van der Waals surface area contributed by atoms with Gasteiger partial charge in [0.25, 0.3) is 0 Å². The number of para-hydroxylation sites is 1. The van der Waals surface area contributed by atoms with Crippen LogP contribution in [0.15, 0.2) is 34.2 Å². The smallest absolute Gasteiger partial charge is 0.188 e. The average Bonchev–Trinajstić information content (AvgIpc) is 2.41. The molecule has 0 aromatic heterocycles. The van der Waals surface area contributed by atoms with E-state index in [-0.39, 0.29) is 5.54 Å². The van der Waals surface area contributed by atoms with Gasteiger partial charge in [-0.3, -0.25) is 4.99 Å². The fraction of sp³-hybridized carbons (Fsp3) is 0.562. The van der Waals surface area contributed by atoms with Crippen molar-refractivity contribution >= 4 is 17.7 Å². The monoisotopic (exact) mass is 309 g/mol. The Labute approximate surface area is 132 Å². The van der Waals surface area contributed by atoms with E-state index in [1.165, 1.54) is 0 Å². The van der Waals surface area contributed by atoms with E-state index in [0.29, 0.717) is 11.9 Å². The Morgan fingerprint density at radius 3 is 2.67 bits per heavy atom. The normalized spacial score (nSPS) is 13.9. The summed E-state index contributed by atoms with van der Waals surface area (Å²) in [5.74, 6) is 2.86. The van der Waals surface area contributed by atoms with Gasteiger partial charge in [0.15, 0.2) is 5.96 Å². The van der Waals surface area contributed by atoms with Crippen molar-refractivity contribution in [1.82, 2.24) is 5.32 Å². The molecule has 0 aliphatic rings. The molecule has 3 N–H and O–H groups in total. The molecule has 0 bridgehead atoms. The molecule has 0 saturated heterocycles. The van der Waals surface area contributed by atoms with Gasteiger partial charge in [-0.2, -0.15) is 0 Å². The Kier molecular flexibility index (Phi) is 6.89. The summed E-state index contributed by atoms with van der Waals surface area (Å²) in [6, 6.07) is 8.07. The zero-order chi connectivity index (χ0) is 15.9. The Morgan fingerprint density at radius 2 is 2.05 bits per heavy atom. The van der Waals surface area contributed by atoms with Crippen LogP contribution in [0.5, 0.6) is 5.75 Å². The lowest BCUT2D eigenvalue weighted by Gasteiger charge is -2.21. The quantitative estimate of drug-likeness (QED) is 0.481. The average molecular weight is 309 g/mol. The maximum absolute atomic E-state index is 5.87. The number of hydrogen-bond acceptors (Lipinski definition) is 3. The molecule has 0 aliphatic carbocycles. The van der Waals surface area contributed by atoms with Crippen molar-refractivity contribution in [3.8, 4) is 5.75 Å². The largest absolute Gasteiger partial charge is 0.496 e. The van der Waals surface area contributed by atoms with Gasteiger partial charge in [0.05, 0.1) is 7.11 Å². The first-order valence-electron chi connectivity index (χ1n) is 7.15. The number of nitrogens with one attached hydrogen (secondary N) is 1. The second kappa shape index (κ2) is 8.17.